The number of benzene rings is 3. The number of sulfonamides is 1. The average Bonchev–Trinajstić information content (AvgIpc) is 3.27. The summed E-state index contributed by atoms with van der Waals surface area (Å²) in [4.78, 5) is 4.55. The maximum atomic E-state index is 13.5. The third-order valence-corrected chi connectivity index (χ3v) is 7.95. The van der Waals surface area contributed by atoms with Crippen LogP contribution in [-0.4, -0.2) is 18.9 Å². The molecule has 1 heterocycles. The molecule has 0 radical (unpaired) electrons. The predicted octanol–water partition coefficient (Wildman–Crippen LogP) is 7.69. The Hall–Kier alpha value is -2.61. The van der Waals surface area contributed by atoms with Crippen LogP contribution in [-0.2, 0) is 23.1 Å². The Morgan fingerprint density at radius 1 is 0.886 bits per heavy atom. The number of hydrogen-bond donors (Lipinski definition) is 0. The lowest BCUT2D eigenvalue weighted by Crippen LogP contribution is -2.30. The Morgan fingerprint density at radius 2 is 1.66 bits per heavy atom. The maximum absolute atomic E-state index is 13.5. The Bertz CT molecular complexity index is 1470. The van der Waals surface area contributed by atoms with Crippen molar-refractivity contribution in [3.63, 3.8) is 0 Å². The lowest BCUT2D eigenvalue weighted by Gasteiger charge is -2.22. The van der Waals surface area contributed by atoms with Crippen LogP contribution in [0.5, 0.6) is 0 Å². The maximum Gasteiger partial charge on any atom is 0.243 e. The average molecular weight is 548 g/mol. The van der Waals surface area contributed by atoms with Crippen molar-refractivity contribution in [2.24, 2.45) is 4.99 Å². The van der Waals surface area contributed by atoms with Crippen molar-refractivity contribution in [1.29, 1.82) is 0 Å². The molecule has 0 atom stereocenters. The summed E-state index contributed by atoms with van der Waals surface area (Å²) in [6, 6.07) is 22.4. The normalized spacial score (nSPS) is 12.0. The van der Waals surface area contributed by atoms with E-state index in [2.05, 4.69) is 4.99 Å². The van der Waals surface area contributed by atoms with Crippen LogP contribution in [0.2, 0.25) is 15.1 Å². The van der Waals surface area contributed by atoms with Crippen LogP contribution >= 0.6 is 34.8 Å². The first-order valence-electron chi connectivity index (χ1n) is 10.6. The summed E-state index contributed by atoms with van der Waals surface area (Å²) in [7, 11) is -3.84. The van der Waals surface area contributed by atoms with Gasteiger partial charge in [-0.1, -0.05) is 64.6 Å². The van der Waals surface area contributed by atoms with Gasteiger partial charge in [-0.15, -0.1) is 0 Å². The van der Waals surface area contributed by atoms with Gasteiger partial charge in [-0.25, -0.2) is 8.42 Å². The predicted molar refractivity (Wildman–Crippen MR) is 141 cm³/mol. The van der Waals surface area contributed by atoms with Gasteiger partial charge >= 0.3 is 0 Å². The molecule has 0 aliphatic rings. The number of aliphatic imine (C=N–C) groups is 1. The van der Waals surface area contributed by atoms with E-state index in [-0.39, 0.29) is 18.0 Å². The molecule has 4 rings (SSSR count). The molecular formula is C26H21Cl3N2O3S. The van der Waals surface area contributed by atoms with Gasteiger partial charge in [0.05, 0.1) is 33.4 Å². The molecule has 0 bridgehead atoms. The standard InChI is InChI=1S/C26H21Cl3N2O3S/c1-18-5-10-24(11-6-18)35(32,33)31(16-19-7-12-25(28)26(29)13-19)17-23-9-8-22(34-23)15-30-21-4-2-3-20(27)14-21/h2-15H,16-17H2,1H3. The van der Waals surface area contributed by atoms with Crippen molar-refractivity contribution < 1.29 is 12.8 Å². The highest BCUT2D eigenvalue weighted by Crippen LogP contribution is 2.27. The minimum atomic E-state index is -3.84. The number of furan rings is 1. The van der Waals surface area contributed by atoms with E-state index in [1.165, 1.54) is 4.31 Å². The largest absolute Gasteiger partial charge is 0.459 e. The smallest absolute Gasteiger partial charge is 0.243 e. The molecule has 35 heavy (non-hydrogen) atoms. The van der Waals surface area contributed by atoms with Crippen molar-refractivity contribution in [2.45, 2.75) is 24.9 Å². The molecule has 0 aliphatic carbocycles. The molecule has 0 amide bonds. The van der Waals surface area contributed by atoms with Crippen LogP contribution in [0, 0.1) is 6.92 Å². The van der Waals surface area contributed by atoms with E-state index in [1.807, 2.05) is 13.0 Å². The highest BCUT2D eigenvalue weighted by Gasteiger charge is 2.26. The van der Waals surface area contributed by atoms with E-state index in [4.69, 9.17) is 39.2 Å². The Labute approximate surface area is 219 Å². The zero-order valence-electron chi connectivity index (χ0n) is 18.7. The van der Waals surface area contributed by atoms with Crippen LogP contribution in [0.3, 0.4) is 0 Å². The van der Waals surface area contributed by atoms with E-state index >= 15 is 0 Å². The Morgan fingerprint density at radius 3 is 2.37 bits per heavy atom. The van der Waals surface area contributed by atoms with Gasteiger partial charge in [-0.2, -0.15) is 4.31 Å². The molecule has 0 N–H and O–H groups in total. The number of hydrogen-bond acceptors (Lipinski definition) is 4. The second-order valence-electron chi connectivity index (χ2n) is 7.88. The van der Waals surface area contributed by atoms with Crippen molar-refractivity contribution in [3.8, 4) is 0 Å². The van der Waals surface area contributed by atoms with Crippen LogP contribution in [0.4, 0.5) is 5.69 Å². The fourth-order valence-electron chi connectivity index (χ4n) is 3.34. The summed E-state index contributed by atoms with van der Waals surface area (Å²) in [5, 5.41) is 1.34. The molecular weight excluding hydrogens is 527 g/mol. The van der Waals surface area contributed by atoms with Gasteiger partial charge in [0.2, 0.25) is 10.0 Å². The quantitative estimate of drug-likeness (QED) is 0.212. The highest BCUT2D eigenvalue weighted by molar-refractivity contribution is 7.89. The van der Waals surface area contributed by atoms with Crippen molar-refractivity contribution in [2.75, 3.05) is 0 Å². The molecule has 5 nitrogen and oxygen atoms in total. The SMILES string of the molecule is Cc1ccc(S(=O)(=O)N(Cc2ccc(Cl)c(Cl)c2)Cc2ccc(C=Nc3cccc(Cl)c3)o2)cc1. The second-order valence-corrected chi connectivity index (χ2v) is 11.1. The Balaban J connectivity index is 1.61. The summed E-state index contributed by atoms with van der Waals surface area (Å²) >= 11 is 18.2. The molecule has 0 saturated carbocycles. The van der Waals surface area contributed by atoms with Gasteiger partial charge in [0.1, 0.15) is 11.5 Å². The molecule has 0 fully saturated rings. The van der Waals surface area contributed by atoms with Crippen LogP contribution < -0.4 is 0 Å². The number of halogens is 3. The first-order chi connectivity index (χ1) is 16.7. The van der Waals surface area contributed by atoms with E-state index in [0.29, 0.717) is 37.8 Å². The third-order valence-electron chi connectivity index (χ3n) is 5.17. The van der Waals surface area contributed by atoms with Crippen molar-refractivity contribution >= 4 is 56.7 Å². The zero-order chi connectivity index (χ0) is 25.0. The van der Waals surface area contributed by atoms with E-state index < -0.39 is 10.0 Å². The zero-order valence-corrected chi connectivity index (χ0v) is 21.7. The minimum Gasteiger partial charge on any atom is -0.459 e. The van der Waals surface area contributed by atoms with Gasteiger partial charge in [0, 0.05) is 11.6 Å². The fraction of sp³-hybridized carbons (Fsp3) is 0.115. The van der Waals surface area contributed by atoms with E-state index in [1.54, 1.807) is 79.0 Å². The lowest BCUT2D eigenvalue weighted by atomic mass is 10.2. The van der Waals surface area contributed by atoms with Gasteiger partial charge < -0.3 is 4.42 Å². The monoisotopic (exact) mass is 546 g/mol. The summed E-state index contributed by atoms with van der Waals surface area (Å²) in [6.07, 6.45) is 1.56. The van der Waals surface area contributed by atoms with Gasteiger partial charge in [-0.3, -0.25) is 4.99 Å². The van der Waals surface area contributed by atoms with Crippen LogP contribution in [0.15, 0.2) is 93.2 Å². The minimum absolute atomic E-state index is 0.0153. The third kappa shape index (κ3) is 6.54. The first-order valence-corrected chi connectivity index (χ1v) is 13.2. The molecule has 4 aromatic rings. The van der Waals surface area contributed by atoms with Crippen molar-refractivity contribution in [3.05, 3.63) is 117 Å². The van der Waals surface area contributed by atoms with E-state index in [9.17, 15) is 8.42 Å². The summed E-state index contributed by atoms with van der Waals surface area (Å²) < 4.78 is 34.3. The topological polar surface area (TPSA) is 62.9 Å². The second kappa shape index (κ2) is 11.0. The Kier molecular flexibility index (Phi) is 7.99. The molecule has 3 aromatic carbocycles. The van der Waals surface area contributed by atoms with E-state index in [0.717, 1.165) is 5.56 Å². The van der Waals surface area contributed by atoms with Crippen LogP contribution in [0.1, 0.15) is 22.6 Å². The summed E-state index contributed by atoms with van der Waals surface area (Å²) in [6.45, 7) is 2.00. The van der Waals surface area contributed by atoms with Gasteiger partial charge in [-0.05, 0) is 67.1 Å². The molecule has 0 aliphatic heterocycles. The summed E-state index contributed by atoms with van der Waals surface area (Å²) in [5.74, 6) is 0.954. The van der Waals surface area contributed by atoms with Gasteiger partial charge in [0.25, 0.3) is 0 Å². The molecule has 180 valence electrons. The molecule has 1 aromatic heterocycles. The van der Waals surface area contributed by atoms with Crippen molar-refractivity contribution in [1.82, 2.24) is 4.31 Å². The molecule has 0 spiro atoms. The number of rotatable bonds is 8. The number of aryl methyl sites for hydroxylation is 1. The highest BCUT2D eigenvalue weighted by atomic mass is 35.5. The van der Waals surface area contributed by atoms with Crippen LogP contribution in [0.25, 0.3) is 0 Å². The lowest BCUT2D eigenvalue weighted by molar-refractivity contribution is 0.357. The molecule has 0 unspecified atom stereocenters. The summed E-state index contributed by atoms with van der Waals surface area (Å²) in [5.41, 5.74) is 2.35. The van der Waals surface area contributed by atoms with Gasteiger partial charge in [0.15, 0.2) is 0 Å². The molecule has 0 saturated heterocycles. The molecule has 9 heteroatoms. The number of nitrogens with zero attached hydrogens (tertiary/aromatic N) is 2. The first kappa shape index (κ1) is 25.5. The fourth-order valence-corrected chi connectivity index (χ4v) is 5.24.